The molecule has 4 rings (SSSR count). The zero-order chi connectivity index (χ0) is 22.9. The highest BCUT2D eigenvalue weighted by Crippen LogP contribution is 2.44. The molecule has 0 radical (unpaired) electrons. The normalized spacial score (nSPS) is 25.6. The number of hydrogen-bond acceptors (Lipinski definition) is 9. The average molecular weight is 492 g/mol. The summed E-state index contributed by atoms with van der Waals surface area (Å²) in [6.45, 7) is -0.587. The van der Waals surface area contributed by atoms with Crippen molar-refractivity contribution in [3.63, 3.8) is 0 Å². The van der Waals surface area contributed by atoms with Gasteiger partial charge in [-0.25, -0.2) is 4.68 Å². The Labute approximate surface area is 189 Å². The molecule has 32 heavy (non-hydrogen) atoms. The van der Waals surface area contributed by atoms with E-state index >= 15 is 0 Å². The maximum Gasteiger partial charge on any atom is 0.354 e. The van der Waals surface area contributed by atoms with Crippen LogP contribution in [0.25, 0.3) is 11.0 Å². The van der Waals surface area contributed by atoms with Crippen molar-refractivity contribution >= 4 is 36.0 Å². The molecular formula is C18H27ClN5O7P. The molecule has 2 aliphatic rings. The van der Waals surface area contributed by atoms with Gasteiger partial charge in [-0.3, -0.25) is 4.57 Å². The highest BCUT2D eigenvalue weighted by Gasteiger charge is 2.39. The summed E-state index contributed by atoms with van der Waals surface area (Å²) in [7, 11) is -4.54. The molecular weight excluding hydrogens is 465 g/mol. The van der Waals surface area contributed by atoms with Gasteiger partial charge in [0.1, 0.15) is 11.9 Å². The molecule has 5 N–H and O–H groups in total. The maximum absolute atomic E-state index is 11.5. The molecule has 2 aromatic heterocycles. The zero-order valence-corrected chi connectivity index (χ0v) is 18.9. The van der Waals surface area contributed by atoms with Crippen LogP contribution in [0, 0.1) is 0 Å². The van der Waals surface area contributed by atoms with E-state index in [0.29, 0.717) is 22.9 Å². The first-order valence-electron chi connectivity index (χ1n) is 10.5. The second kappa shape index (κ2) is 9.86. The fraction of sp³-hybridized carbons (Fsp3) is 0.722. The first-order valence-corrected chi connectivity index (χ1v) is 12.6. The van der Waals surface area contributed by atoms with Gasteiger partial charge in [-0.1, -0.05) is 12.8 Å². The van der Waals surface area contributed by atoms with Crippen LogP contribution in [0.2, 0.25) is 5.28 Å². The second-order valence-corrected chi connectivity index (χ2v) is 10.2. The maximum atomic E-state index is 11.5. The van der Waals surface area contributed by atoms with Crippen LogP contribution in [0.3, 0.4) is 0 Å². The third-order valence-electron chi connectivity index (χ3n) is 5.75. The predicted molar refractivity (Wildman–Crippen MR) is 114 cm³/mol. The minimum atomic E-state index is -4.54. The van der Waals surface area contributed by atoms with Gasteiger partial charge in [0, 0.05) is 25.5 Å². The number of hydrogen-bond donors (Lipinski definition) is 5. The number of nitrogens with one attached hydrogen (secondary N) is 1. The molecule has 3 heterocycles. The van der Waals surface area contributed by atoms with Crippen LogP contribution >= 0.6 is 19.2 Å². The monoisotopic (exact) mass is 491 g/mol. The third-order valence-corrected chi connectivity index (χ3v) is 7.08. The number of nitrogens with zero attached hydrogens (tertiary/aromatic N) is 4. The van der Waals surface area contributed by atoms with Gasteiger partial charge >= 0.3 is 7.60 Å². The first-order chi connectivity index (χ1) is 15.3. The summed E-state index contributed by atoms with van der Waals surface area (Å²) >= 11 is 6.15. The van der Waals surface area contributed by atoms with Crippen LogP contribution in [0.5, 0.6) is 0 Å². The number of fused-ring (bicyclic) bond motifs is 1. The summed E-state index contributed by atoms with van der Waals surface area (Å²) in [5.41, 5.74) is 0.407. The third kappa shape index (κ3) is 5.23. The van der Waals surface area contributed by atoms with E-state index in [0.717, 1.165) is 25.7 Å². The fourth-order valence-corrected chi connectivity index (χ4v) is 5.09. The molecule has 0 amide bonds. The number of aromatic nitrogens is 4. The van der Waals surface area contributed by atoms with Crippen molar-refractivity contribution in [2.24, 2.45) is 0 Å². The Balaban J connectivity index is 1.49. The molecule has 0 spiro atoms. The average Bonchev–Trinajstić information content (AvgIpc) is 3.44. The summed E-state index contributed by atoms with van der Waals surface area (Å²) in [6, 6.07) is 0.309. The Bertz CT molecular complexity index is 982. The Morgan fingerprint density at radius 2 is 2.09 bits per heavy atom. The molecule has 1 saturated heterocycles. The molecule has 4 atom stereocenters. The molecule has 1 aliphatic heterocycles. The summed E-state index contributed by atoms with van der Waals surface area (Å²) in [4.78, 5) is 27.3. The van der Waals surface area contributed by atoms with Gasteiger partial charge in [-0.05, 0) is 24.4 Å². The van der Waals surface area contributed by atoms with E-state index < -0.39 is 38.5 Å². The van der Waals surface area contributed by atoms with Gasteiger partial charge in [0.2, 0.25) is 5.28 Å². The standard InChI is InChI=1S/C18H27ClN5O7P/c19-18-22-15(21-10-3-1-2-4-10)12-8-20-24(16(12)23-18)17-13(26)7-11(31-17)9-30-14(5-6-25)32(27,28)29/h8,10-11,13-14,17,25-26H,1-7,9H2,(H,21,22,23)(H2,27,28,29)/t11-,13+,14?,17+/m0/s1. The lowest BCUT2D eigenvalue weighted by molar-refractivity contribution is -0.0721. The molecule has 2 fully saturated rings. The summed E-state index contributed by atoms with van der Waals surface area (Å²) in [5.74, 6) is -0.854. The van der Waals surface area contributed by atoms with E-state index in [1.165, 1.54) is 4.68 Å². The van der Waals surface area contributed by atoms with Crippen LogP contribution in [0.15, 0.2) is 6.20 Å². The minimum absolute atomic E-state index is 0.0422. The molecule has 14 heteroatoms. The molecule has 1 saturated carbocycles. The number of rotatable bonds is 9. The predicted octanol–water partition coefficient (Wildman–Crippen LogP) is 1.39. The lowest BCUT2D eigenvalue weighted by Gasteiger charge is -2.20. The molecule has 0 bridgehead atoms. The van der Waals surface area contributed by atoms with E-state index in [1.807, 2.05) is 0 Å². The van der Waals surface area contributed by atoms with Crippen molar-refractivity contribution in [1.82, 2.24) is 19.7 Å². The van der Waals surface area contributed by atoms with Gasteiger partial charge in [0.25, 0.3) is 0 Å². The largest absolute Gasteiger partial charge is 0.396 e. The first kappa shape index (κ1) is 23.8. The van der Waals surface area contributed by atoms with Gasteiger partial charge in [-0.2, -0.15) is 15.1 Å². The van der Waals surface area contributed by atoms with Crippen LogP contribution in [-0.4, -0.2) is 77.1 Å². The highest BCUT2D eigenvalue weighted by molar-refractivity contribution is 7.52. The van der Waals surface area contributed by atoms with Crippen LogP contribution in [-0.2, 0) is 14.0 Å². The van der Waals surface area contributed by atoms with Gasteiger partial charge in [0.05, 0.1) is 24.3 Å². The van der Waals surface area contributed by atoms with Crippen molar-refractivity contribution in [3.05, 3.63) is 11.5 Å². The Morgan fingerprint density at radius 3 is 2.78 bits per heavy atom. The SMILES string of the molecule is O=P(O)(O)C(CCO)OC[C@@H]1C[C@@H](O)[C@H](n2ncc3c(NC4CCCC4)nc(Cl)nc32)O1. The van der Waals surface area contributed by atoms with Crippen LogP contribution < -0.4 is 5.32 Å². The number of aliphatic hydroxyl groups is 2. The zero-order valence-electron chi connectivity index (χ0n) is 17.2. The van der Waals surface area contributed by atoms with Crippen LogP contribution in [0.1, 0.15) is 44.8 Å². The summed E-state index contributed by atoms with van der Waals surface area (Å²) < 4.78 is 24.1. The highest BCUT2D eigenvalue weighted by atomic mass is 35.5. The summed E-state index contributed by atoms with van der Waals surface area (Å²) in [6.07, 6.45) is 3.52. The fourth-order valence-electron chi connectivity index (χ4n) is 4.19. The van der Waals surface area contributed by atoms with Crippen molar-refractivity contribution < 1.29 is 34.0 Å². The number of aliphatic hydroxyl groups excluding tert-OH is 2. The van der Waals surface area contributed by atoms with Crippen molar-refractivity contribution in [2.45, 2.75) is 68.8 Å². The number of ether oxygens (including phenoxy) is 2. The van der Waals surface area contributed by atoms with E-state index in [9.17, 15) is 19.5 Å². The Hall–Kier alpha value is -1.37. The van der Waals surface area contributed by atoms with Crippen LogP contribution in [0.4, 0.5) is 5.82 Å². The van der Waals surface area contributed by atoms with Crippen molar-refractivity contribution in [3.8, 4) is 0 Å². The Kier molecular flexibility index (Phi) is 7.33. The van der Waals surface area contributed by atoms with E-state index in [1.54, 1.807) is 6.20 Å². The molecule has 1 unspecified atom stereocenters. The lowest BCUT2D eigenvalue weighted by Crippen LogP contribution is -2.23. The number of anilines is 1. The summed E-state index contributed by atoms with van der Waals surface area (Å²) in [5, 5.41) is 28.0. The topological polar surface area (TPSA) is 172 Å². The molecule has 0 aromatic carbocycles. The molecule has 2 aromatic rings. The van der Waals surface area contributed by atoms with E-state index in [4.69, 9.17) is 26.2 Å². The molecule has 178 valence electrons. The molecule has 12 nitrogen and oxygen atoms in total. The lowest BCUT2D eigenvalue weighted by atomic mass is 10.2. The second-order valence-electron chi connectivity index (χ2n) is 8.13. The number of halogens is 1. The van der Waals surface area contributed by atoms with E-state index in [-0.39, 0.29) is 24.7 Å². The van der Waals surface area contributed by atoms with Gasteiger partial charge in [-0.15, -0.1) is 0 Å². The minimum Gasteiger partial charge on any atom is -0.396 e. The van der Waals surface area contributed by atoms with Gasteiger partial charge in [0.15, 0.2) is 17.7 Å². The quantitative estimate of drug-likeness (QED) is 0.253. The van der Waals surface area contributed by atoms with Crippen molar-refractivity contribution in [2.75, 3.05) is 18.5 Å². The van der Waals surface area contributed by atoms with E-state index in [2.05, 4.69) is 20.4 Å². The van der Waals surface area contributed by atoms with Crippen molar-refractivity contribution in [1.29, 1.82) is 0 Å². The Morgan fingerprint density at radius 1 is 1.34 bits per heavy atom. The van der Waals surface area contributed by atoms with Gasteiger partial charge < -0.3 is 34.8 Å². The molecule has 1 aliphatic carbocycles. The smallest absolute Gasteiger partial charge is 0.354 e.